The molecule has 1 aromatic rings. The topological polar surface area (TPSA) is 40.7 Å². The molecule has 0 saturated heterocycles. The summed E-state index contributed by atoms with van der Waals surface area (Å²) in [5.74, 6) is 3.01. The van der Waals surface area contributed by atoms with Gasteiger partial charge in [0.05, 0.1) is 6.54 Å². The summed E-state index contributed by atoms with van der Waals surface area (Å²) in [7, 11) is 0. The maximum atomic E-state index is 4.23. The lowest BCUT2D eigenvalue weighted by Gasteiger charge is -2.16. The summed E-state index contributed by atoms with van der Waals surface area (Å²) in [5.41, 5.74) is 0. The van der Waals surface area contributed by atoms with E-state index in [-0.39, 0.29) is 0 Å². The van der Waals surface area contributed by atoms with Gasteiger partial charge in [-0.25, -0.2) is 4.98 Å². The van der Waals surface area contributed by atoms with Crippen LogP contribution < -0.4 is 5.32 Å². The number of imidazole rings is 1. The standard InChI is InChI=1S/C11H17N3/c1-2-8(1)11(9-3-4-9)14-7-10-12-5-6-13-10/h5-6,8-9,11,14H,1-4,7H2,(H,12,13). The fraction of sp³-hybridized carbons (Fsp3) is 0.727. The van der Waals surface area contributed by atoms with Crippen LogP contribution in [0.3, 0.4) is 0 Å². The largest absolute Gasteiger partial charge is 0.348 e. The first-order chi connectivity index (χ1) is 6.93. The minimum atomic E-state index is 0.778. The van der Waals surface area contributed by atoms with Crippen molar-refractivity contribution < 1.29 is 0 Å². The first-order valence-electron chi connectivity index (χ1n) is 5.65. The smallest absolute Gasteiger partial charge is 0.120 e. The molecule has 0 atom stereocenters. The highest BCUT2D eigenvalue weighted by Gasteiger charge is 2.40. The Kier molecular flexibility index (Phi) is 2.05. The van der Waals surface area contributed by atoms with Crippen LogP contribution in [0.15, 0.2) is 12.4 Å². The van der Waals surface area contributed by atoms with Crippen molar-refractivity contribution in [3.8, 4) is 0 Å². The number of hydrogen-bond acceptors (Lipinski definition) is 2. The number of nitrogens with one attached hydrogen (secondary N) is 2. The van der Waals surface area contributed by atoms with Crippen LogP contribution in [0.1, 0.15) is 31.5 Å². The average molecular weight is 191 g/mol. The van der Waals surface area contributed by atoms with Gasteiger partial charge in [-0.05, 0) is 37.5 Å². The summed E-state index contributed by atoms with van der Waals surface area (Å²) in [6.45, 7) is 0.907. The zero-order valence-corrected chi connectivity index (χ0v) is 8.37. The van der Waals surface area contributed by atoms with Crippen LogP contribution in [0, 0.1) is 11.8 Å². The van der Waals surface area contributed by atoms with E-state index < -0.39 is 0 Å². The molecule has 1 aromatic heterocycles. The molecule has 0 spiro atoms. The van der Waals surface area contributed by atoms with Gasteiger partial charge >= 0.3 is 0 Å². The maximum absolute atomic E-state index is 4.23. The van der Waals surface area contributed by atoms with E-state index in [0.717, 1.165) is 30.2 Å². The van der Waals surface area contributed by atoms with Crippen molar-refractivity contribution in [3.05, 3.63) is 18.2 Å². The van der Waals surface area contributed by atoms with Crippen LogP contribution in [0.4, 0.5) is 0 Å². The lowest BCUT2D eigenvalue weighted by atomic mass is 10.1. The third kappa shape index (κ3) is 1.82. The highest BCUT2D eigenvalue weighted by Crippen LogP contribution is 2.44. The van der Waals surface area contributed by atoms with Gasteiger partial charge in [0.2, 0.25) is 0 Å². The SMILES string of the molecule is c1c[nH]c(CNC(C2CC2)C2CC2)n1. The fourth-order valence-corrected chi connectivity index (χ4v) is 2.24. The first kappa shape index (κ1) is 8.48. The second-order valence-corrected chi connectivity index (χ2v) is 4.62. The van der Waals surface area contributed by atoms with Gasteiger partial charge in [-0.3, -0.25) is 0 Å². The summed E-state index contributed by atoms with van der Waals surface area (Å²) in [6.07, 6.45) is 9.46. The van der Waals surface area contributed by atoms with E-state index in [4.69, 9.17) is 0 Å². The number of aromatic amines is 1. The molecule has 76 valence electrons. The predicted molar refractivity (Wildman–Crippen MR) is 54.7 cm³/mol. The molecule has 3 nitrogen and oxygen atoms in total. The predicted octanol–water partition coefficient (Wildman–Crippen LogP) is 1.69. The highest BCUT2D eigenvalue weighted by molar-refractivity contribution is 4.97. The van der Waals surface area contributed by atoms with Crippen LogP contribution >= 0.6 is 0 Å². The molecule has 0 unspecified atom stereocenters. The van der Waals surface area contributed by atoms with Crippen LogP contribution in [-0.2, 0) is 6.54 Å². The second kappa shape index (κ2) is 3.39. The molecule has 3 rings (SSSR count). The summed E-state index contributed by atoms with van der Waals surface area (Å²) in [5, 5.41) is 3.65. The van der Waals surface area contributed by atoms with E-state index in [1.54, 1.807) is 0 Å². The van der Waals surface area contributed by atoms with E-state index in [9.17, 15) is 0 Å². The number of rotatable bonds is 5. The maximum Gasteiger partial charge on any atom is 0.120 e. The number of H-pyrrole nitrogens is 1. The minimum absolute atomic E-state index is 0.778. The monoisotopic (exact) mass is 191 g/mol. The summed E-state index contributed by atoms with van der Waals surface area (Å²) < 4.78 is 0. The molecular formula is C11H17N3. The van der Waals surface area contributed by atoms with E-state index >= 15 is 0 Å². The molecule has 2 aliphatic carbocycles. The van der Waals surface area contributed by atoms with Gasteiger partial charge in [-0.1, -0.05) is 0 Å². The summed E-state index contributed by atoms with van der Waals surface area (Å²) in [4.78, 5) is 7.37. The fourth-order valence-electron chi connectivity index (χ4n) is 2.24. The first-order valence-corrected chi connectivity index (χ1v) is 5.65. The second-order valence-electron chi connectivity index (χ2n) is 4.62. The van der Waals surface area contributed by atoms with Crippen LogP contribution in [0.2, 0.25) is 0 Å². The lowest BCUT2D eigenvalue weighted by Crippen LogP contribution is -2.32. The van der Waals surface area contributed by atoms with Gasteiger partial charge in [0.25, 0.3) is 0 Å². The normalized spacial score (nSPS) is 21.8. The Labute approximate surface area is 84.3 Å². The lowest BCUT2D eigenvalue weighted by molar-refractivity contribution is 0.411. The Hall–Kier alpha value is -0.830. The quantitative estimate of drug-likeness (QED) is 0.743. The molecule has 1 heterocycles. The molecule has 2 N–H and O–H groups in total. The molecular weight excluding hydrogens is 174 g/mol. The van der Waals surface area contributed by atoms with Crippen molar-refractivity contribution in [2.24, 2.45) is 11.8 Å². The van der Waals surface area contributed by atoms with Crippen LogP contribution in [0.5, 0.6) is 0 Å². The molecule has 2 fully saturated rings. The van der Waals surface area contributed by atoms with Gasteiger partial charge in [0.15, 0.2) is 0 Å². The summed E-state index contributed by atoms with van der Waals surface area (Å²) >= 11 is 0. The molecule has 2 saturated carbocycles. The van der Waals surface area contributed by atoms with Gasteiger partial charge in [0.1, 0.15) is 5.82 Å². The number of aromatic nitrogens is 2. The molecule has 0 radical (unpaired) electrons. The Morgan fingerprint density at radius 3 is 2.57 bits per heavy atom. The van der Waals surface area contributed by atoms with Crippen molar-refractivity contribution >= 4 is 0 Å². The molecule has 2 aliphatic rings. The Balaban J connectivity index is 1.54. The van der Waals surface area contributed by atoms with Gasteiger partial charge in [0, 0.05) is 18.4 Å². The molecule has 0 aromatic carbocycles. The highest BCUT2D eigenvalue weighted by atomic mass is 15.0. The summed E-state index contributed by atoms with van der Waals surface area (Å²) in [6, 6.07) is 0.778. The third-order valence-electron chi connectivity index (χ3n) is 3.32. The number of hydrogen-bond donors (Lipinski definition) is 2. The van der Waals surface area contributed by atoms with Gasteiger partial charge in [-0.2, -0.15) is 0 Å². The number of nitrogens with zero attached hydrogens (tertiary/aromatic N) is 1. The zero-order chi connectivity index (χ0) is 9.38. The minimum Gasteiger partial charge on any atom is -0.348 e. The Morgan fingerprint density at radius 2 is 2.07 bits per heavy atom. The van der Waals surface area contributed by atoms with Crippen LogP contribution in [-0.4, -0.2) is 16.0 Å². The zero-order valence-electron chi connectivity index (χ0n) is 8.37. The molecule has 0 bridgehead atoms. The van der Waals surface area contributed by atoms with E-state index in [0.29, 0.717) is 0 Å². The van der Waals surface area contributed by atoms with Gasteiger partial charge < -0.3 is 10.3 Å². The van der Waals surface area contributed by atoms with Crippen molar-refractivity contribution in [2.45, 2.75) is 38.3 Å². The average Bonchev–Trinajstić information content (AvgIpc) is 3.09. The van der Waals surface area contributed by atoms with E-state index in [2.05, 4.69) is 15.3 Å². The molecule has 0 aliphatic heterocycles. The van der Waals surface area contributed by atoms with E-state index in [1.807, 2.05) is 12.4 Å². The van der Waals surface area contributed by atoms with Crippen LogP contribution in [0.25, 0.3) is 0 Å². The van der Waals surface area contributed by atoms with E-state index in [1.165, 1.54) is 25.7 Å². The molecule has 14 heavy (non-hydrogen) atoms. The van der Waals surface area contributed by atoms with Crippen molar-refractivity contribution in [3.63, 3.8) is 0 Å². The van der Waals surface area contributed by atoms with Crippen molar-refractivity contribution in [2.75, 3.05) is 0 Å². The Morgan fingerprint density at radius 1 is 1.36 bits per heavy atom. The molecule has 3 heteroatoms. The van der Waals surface area contributed by atoms with Crippen molar-refractivity contribution in [1.29, 1.82) is 0 Å². The van der Waals surface area contributed by atoms with Gasteiger partial charge in [-0.15, -0.1) is 0 Å². The Bertz CT molecular complexity index is 273. The third-order valence-corrected chi connectivity index (χ3v) is 3.32. The van der Waals surface area contributed by atoms with Crippen molar-refractivity contribution in [1.82, 2.24) is 15.3 Å². The molecule has 0 amide bonds.